The van der Waals surface area contributed by atoms with Gasteiger partial charge in [-0.2, -0.15) is 18.4 Å². The second-order valence-corrected chi connectivity index (χ2v) is 23.2. The number of carbonyl (C=O) groups excluding carboxylic acids is 1. The third-order valence-electron chi connectivity index (χ3n) is 9.03. The molecule has 16 heteroatoms. The normalized spacial score (nSPS) is 21.8. The van der Waals surface area contributed by atoms with Crippen molar-refractivity contribution >= 4 is 36.4 Å². The number of benzene rings is 1. The molecule has 6 atom stereocenters. The van der Waals surface area contributed by atoms with E-state index in [0.29, 0.717) is 36.0 Å². The van der Waals surface area contributed by atoms with Crippen molar-refractivity contribution in [2.24, 2.45) is 11.3 Å². The Balaban J connectivity index is 1.78. The van der Waals surface area contributed by atoms with Crippen LogP contribution in [0.3, 0.4) is 0 Å². The van der Waals surface area contributed by atoms with E-state index >= 15 is 0 Å². The number of carbonyl (C=O) groups is 1. The molecule has 0 saturated heterocycles. The highest BCUT2D eigenvalue weighted by Crippen LogP contribution is 2.55. The predicted molar refractivity (Wildman–Crippen MR) is 180 cm³/mol. The smallest absolute Gasteiger partial charge is 0.414 e. The lowest BCUT2D eigenvalue weighted by Crippen LogP contribution is -2.47. The van der Waals surface area contributed by atoms with Gasteiger partial charge in [0.15, 0.2) is 6.10 Å². The molecule has 1 aromatic heterocycles. The number of halogens is 5. The second kappa shape index (κ2) is 14.4. The molecular formula is C33H48F5N5O4SSi. The first-order valence-corrected chi connectivity index (χ1v) is 21.4. The molecule has 0 bridgehead atoms. The highest BCUT2D eigenvalue weighted by atomic mass is 32.2. The molecule has 9 nitrogen and oxygen atoms in total. The second-order valence-electron chi connectivity index (χ2n) is 15.6. The van der Waals surface area contributed by atoms with Crippen LogP contribution in [0.4, 0.5) is 22.0 Å². The maximum absolute atomic E-state index is 13.6. The molecule has 1 amide bonds. The summed E-state index contributed by atoms with van der Waals surface area (Å²) in [6.45, 7) is 14.5. The fraction of sp³-hybridized carbons (Fsp3) is 0.727. The number of nitrogens with zero attached hydrogens (tertiary/aromatic N) is 3. The first-order valence-electron chi connectivity index (χ1n) is 16.5. The number of imidazole rings is 1. The number of aromatic nitrogens is 2. The molecule has 1 heterocycles. The van der Waals surface area contributed by atoms with Gasteiger partial charge in [-0.3, -0.25) is 4.79 Å². The molecule has 49 heavy (non-hydrogen) atoms. The summed E-state index contributed by atoms with van der Waals surface area (Å²) in [6, 6.07) is 6.40. The summed E-state index contributed by atoms with van der Waals surface area (Å²) < 4.78 is 96.8. The summed E-state index contributed by atoms with van der Waals surface area (Å²) in [4.78, 5) is 17.7. The van der Waals surface area contributed by atoms with E-state index in [-0.39, 0.29) is 25.4 Å². The standard InChI is InChI=1S/C33H48F5N5O4SSi/c1-20(47-21(2)33(36,37)38)27(42-48(45)30(3,4)5)29-40-24-10-9-22(15-25(24)43(29)19-46-13-14-49(6,7)8)28(31(18-39)11-12-31)41-26(44)16-23-17-32(23,34)35/h9-10,15,20-21,23,27-28,42H,11-14,16-17,19H2,1-8H3,(H,41,44)/t20-,21-,23+,27+,28+,48?/m1/s1. The van der Waals surface area contributed by atoms with Crippen LogP contribution in [-0.2, 0) is 32.4 Å². The molecule has 0 radical (unpaired) electrons. The van der Waals surface area contributed by atoms with Gasteiger partial charge in [0.25, 0.3) is 5.92 Å². The van der Waals surface area contributed by atoms with Gasteiger partial charge in [-0.1, -0.05) is 25.7 Å². The molecule has 2 aromatic rings. The van der Waals surface area contributed by atoms with E-state index in [9.17, 15) is 36.6 Å². The monoisotopic (exact) mass is 733 g/mol. The number of ether oxygens (including phenoxy) is 2. The molecule has 1 unspecified atom stereocenters. The Bertz CT molecular complexity index is 1530. The van der Waals surface area contributed by atoms with Crippen LogP contribution in [0.15, 0.2) is 18.2 Å². The number of alkyl halides is 5. The van der Waals surface area contributed by atoms with E-state index in [0.717, 1.165) is 13.0 Å². The van der Waals surface area contributed by atoms with Crippen molar-refractivity contribution in [3.63, 3.8) is 0 Å². The van der Waals surface area contributed by atoms with Gasteiger partial charge in [0.2, 0.25) is 5.91 Å². The molecule has 4 rings (SSSR count). The van der Waals surface area contributed by atoms with Crippen molar-refractivity contribution in [1.82, 2.24) is 19.6 Å². The lowest BCUT2D eigenvalue weighted by atomic mass is 9.90. The number of nitriles is 1. The summed E-state index contributed by atoms with van der Waals surface area (Å²) in [5.74, 6) is -4.23. The summed E-state index contributed by atoms with van der Waals surface area (Å²) >= 11 is -1.74. The number of rotatable bonds is 16. The molecule has 2 aliphatic rings. The Labute approximate surface area is 289 Å². The zero-order chi connectivity index (χ0) is 36.7. The molecule has 274 valence electrons. The van der Waals surface area contributed by atoms with Crippen LogP contribution in [0.2, 0.25) is 25.7 Å². The summed E-state index contributed by atoms with van der Waals surface area (Å²) in [5, 5.41) is 12.9. The van der Waals surface area contributed by atoms with Crippen LogP contribution in [-0.4, -0.2) is 63.7 Å². The van der Waals surface area contributed by atoms with Gasteiger partial charge < -0.3 is 23.9 Å². The summed E-state index contributed by atoms with van der Waals surface area (Å²) in [6.07, 6.45) is -7.59. The molecular weight excluding hydrogens is 686 g/mol. The lowest BCUT2D eigenvalue weighted by Gasteiger charge is -2.32. The third kappa shape index (κ3) is 9.94. The molecule has 2 saturated carbocycles. The van der Waals surface area contributed by atoms with Crippen LogP contribution in [0.25, 0.3) is 11.0 Å². The van der Waals surface area contributed by atoms with Crippen LogP contribution >= 0.6 is 0 Å². The van der Waals surface area contributed by atoms with E-state index in [1.54, 1.807) is 43.5 Å². The maximum Gasteiger partial charge on any atom is 0.414 e. The first-order chi connectivity index (χ1) is 22.5. The van der Waals surface area contributed by atoms with E-state index < -0.39 is 77.8 Å². The number of hydrogen-bond acceptors (Lipinski definition) is 7. The van der Waals surface area contributed by atoms with Crippen molar-refractivity contribution in [2.75, 3.05) is 6.61 Å². The highest BCUT2D eigenvalue weighted by molar-refractivity contribution is 7.90. The Morgan fingerprint density at radius 3 is 2.37 bits per heavy atom. The average Bonchev–Trinajstić information content (AvgIpc) is 3.85. The predicted octanol–water partition coefficient (Wildman–Crippen LogP) is 7.30. The SMILES string of the molecule is C[C@@H](O[C@H](C)C(F)(F)F)[C@H](N[S+]([O-])C(C)(C)C)c1nc2ccc([C@H](NC(=O)C[C@H]3CC3(F)F)C3(C#N)CC3)cc2n1COCC[Si](C)(C)C. The van der Waals surface area contributed by atoms with Gasteiger partial charge >= 0.3 is 6.18 Å². The van der Waals surface area contributed by atoms with Gasteiger partial charge in [0, 0.05) is 44.8 Å². The van der Waals surface area contributed by atoms with Gasteiger partial charge in [-0.15, -0.1) is 4.72 Å². The van der Waals surface area contributed by atoms with Crippen LogP contribution < -0.4 is 10.0 Å². The topological polar surface area (TPSA) is 124 Å². The van der Waals surface area contributed by atoms with Gasteiger partial charge in [0.1, 0.15) is 23.3 Å². The highest BCUT2D eigenvalue weighted by Gasteiger charge is 2.58. The van der Waals surface area contributed by atoms with Crippen molar-refractivity contribution in [2.45, 2.75) is 134 Å². The van der Waals surface area contributed by atoms with Gasteiger partial charge in [-0.05, 0) is 71.2 Å². The zero-order valence-corrected chi connectivity index (χ0v) is 31.2. The maximum atomic E-state index is 13.6. The van der Waals surface area contributed by atoms with E-state index in [2.05, 4.69) is 35.7 Å². The number of amides is 1. The fourth-order valence-electron chi connectivity index (χ4n) is 5.45. The molecule has 2 aliphatic carbocycles. The molecule has 2 N–H and O–H groups in total. The Hall–Kier alpha value is -2.29. The largest absolute Gasteiger partial charge is 0.598 e. The fourth-order valence-corrected chi connectivity index (χ4v) is 7.09. The van der Waals surface area contributed by atoms with Gasteiger partial charge in [0.05, 0.1) is 34.7 Å². The average molecular weight is 734 g/mol. The Kier molecular flexibility index (Phi) is 11.6. The van der Waals surface area contributed by atoms with E-state index in [4.69, 9.17) is 14.5 Å². The summed E-state index contributed by atoms with van der Waals surface area (Å²) in [5.41, 5.74) is 0.587. The van der Waals surface area contributed by atoms with E-state index in [1.807, 2.05) is 0 Å². The minimum absolute atomic E-state index is 0.0428. The van der Waals surface area contributed by atoms with E-state index in [1.165, 1.54) is 6.92 Å². The molecule has 0 spiro atoms. The minimum atomic E-state index is -4.63. The van der Waals surface area contributed by atoms with Crippen molar-refractivity contribution in [3.05, 3.63) is 29.6 Å². The van der Waals surface area contributed by atoms with Gasteiger partial charge in [-0.25, -0.2) is 13.8 Å². The zero-order valence-electron chi connectivity index (χ0n) is 29.3. The number of fused-ring (bicyclic) bond motifs is 1. The third-order valence-corrected chi connectivity index (χ3v) is 12.3. The molecule has 1 aromatic carbocycles. The van der Waals surface area contributed by atoms with Crippen molar-refractivity contribution < 1.29 is 40.8 Å². The summed E-state index contributed by atoms with van der Waals surface area (Å²) in [7, 11) is -1.49. The Morgan fingerprint density at radius 1 is 1.22 bits per heavy atom. The Morgan fingerprint density at radius 2 is 1.86 bits per heavy atom. The lowest BCUT2D eigenvalue weighted by molar-refractivity contribution is -0.227. The van der Waals surface area contributed by atoms with Crippen LogP contribution in [0.5, 0.6) is 0 Å². The van der Waals surface area contributed by atoms with Crippen LogP contribution in [0.1, 0.15) is 83.8 Å². The first kappa shape index (κ1) is 39.5. The van der Waals surface area contributed by atoms with Crippen LogP contribution in [0, 0.1) is 22.7 Å². The van der Waals surface area contributed by atoms with Crippen molar-refractivity contribution in [3.8, 4) is 6.07 Å². The minimum Gasteiger partial charge on any atom is -0.598 e. The molecule has 2 fully saturated rings. The number of hydrogen-bond donors (Lipinski definition) is 2. The molecule has 0 aliphatic heterocycles. The number of nitrogens with one attached hydrogen (secondary N) is 2. The van der Waals surface area contributed by atoms with Crippen molar-refractivity contribution in [1.29, 1.82) is 5.26 Å². The quantitative estimate of drug-likeness (QED) is 0.0803.